The van der Waals surface area contributed by atoms with Crippen LogP contribution in [0, 0.1) is 12.3 Å². The van der Waals surface area contributed by atoms with E-state index in [9.17, 15) is 8.42 Å². The lowest BCUT2D eigenvalue weighted by atomic mass is 10.3. The summed E-state index contributed by atoms with van der Waals surface area (Å²) in [5.74, 6) is 2.37. The summed E-state index contributed by atoms with van der Waals surface area (Å²) in [5, 5.41) is 9.13. The lowest BCUT2D eigenvalue weighted by Crippen LogP contribution is -2.32. The van der Waals surface area contributed by atoms with Crippen molar-refractivity contribution in [3.8, 4) is 18.1 Å². The molecule has 0 aliphatic rings. The average molecular weight is 253 g/mol. The first-order chi connectivity index (χ1) is 8.02. The minimum Gasteiger partial charge on any atom is -0.508 e. The van der Waals surface area contributed by atoms with E-state index in [0.29, 0.717) is 13.0 Å². The van der Waals surface area contributed by atoms with Crippen molar-refractivity contribution >= 4 is 10.0 Å². The molecule has 0 saturated carbocycles. The summed E-state index contributed by atoms with van der Waals surface area (Å²) in [6.45, 7) is 2.32. The monoisotopic (exact) mass is 253 g/mol. The number of hydrogen-bond acceptors (Lipinski definition) is 3. The van der Waals surface area contributed by atoms with E-state index in [-0.39, 0.29) is 17.2 Å². The van der Waals surface area contributed by atoms with Crippen LogP contribution in [0.1, 0.15) is 13.3 Å². The maximum Gasteiger partial charge on any atom is 0.243 e. The van der Waals surface area contributed by atoms with Crippen LogP contribution >= 0.6 is 0 Å². The smallest absolute Gasteiger partial charge is 0.243 e. The number of rotatable bonds is 5. The summed E-state index contributed by atoms with van der Waals surface area (Å²) in [7, 11) is -3.56. The molecular weight excluding hydrogens is 238 g/mol. The minimum absolute atomic E-state index is 0.0305. The molecule has 0 radical (unpaired) electrons. The lowest BCUT2D eigenvalue weighted by Gasteiger charge is -2.19. The molecule has 0 unspecified atom stereocenters. The molecule has 0 bridgehead atoms. The fourth-order valence-electron chi connectivity index (χ4n) is 1.40. The van der Waals surface area contributed by atoms with Gasteiger partial charge in [-0.25, -0.2) is 8.42 Å². The van der Waals surface area contributed by atoms with Crippen LogP contribution in [0.4, 0.5) is 0 Å². The van der Waals surface area contributed by atoms with Crippen molar-refractivity contribution < 1.29 is 13.5 Å². The van der Waals surface area contributed by atoms with Crippen LogP contribution in [0.2, 0.25) is 0 Å². The van der Waals surface area contributed by atoms with E-state index in [4.69, 9.17) is 11.5 Å². The number of nitrogens with zero attached hydrogens (tertiary/aromatic N) is 1. The molecular formula is C12H15NO3S. The van der Waals surface area contributed by atoms with E-state index < -0.39 is 10.0 Å². The topological polar surface area (TPSA) is 57.6 Å². The summed E-state index contributed by atoms with van der Waals surface area (Å²) in [4.78, 5) is 0.138. The Bertz CT molecular complexity index is 500. The molecule has 17 heavy (non-hydrogen) atoms. The number of hydrogen-bond donors (Lipinski definition) is 1. The number of sulfonamides is 1. The van der Waals surface area contributed by atoms with Gasteiger partial charge in [0.15, 0.2) is 0 Å². The molecule has 1 N–H and O–H groups in total. The van der Waals surface area contributed by atoms with Gasteiger partial charge in [-0.15, -0.1) is 6.42 Å². The van der Waals surface area contributed by atoms with E-state index in [1.165, 1.54) is 28.6 Å². The first-order valence-electron chi connectivity index (χ1n) is 5.25. The molecule has 1 aromatic rings. The van der Waals surface area contributed by atoms with Crippen LogP contribution in [-0.4, -0.2) is 30.9 Å². The Hall–Kier alpha value is -1.51. The molecule has 0 aliphatic carbocycles. The Labute approximate surface area is 102 Å². The van der Waals surface area contributed by atoms with E-state index in [1.807, 2.05) is 6.92 Å². The van der Waals surface area contributed by atoms with Crippen LogP contribution < -0.4 is 0 Å². The molecule has 4 nitrogen and oxygen atoms in total. The van der Waals surface area contributed by atoms with Gasteiger partial charge in [-0.1, -0.05) is 12.8 Å². The quantitative estimate of drug-likeness (QED) is 0.807. The van der Waals surface area contributed by atoms with Crippen molar-refractivity contribution in [2.45, 2.75) is 18.2 Å². The molecule has 0 aliphatic heterocycles. The van der Waals surface area contributed by atoms with Crippen molar-refractivity contribution in [1.82, 2.24) is 4.31 Å². The Balaban J connectivity index is 3.08. The molecule has 0 atom stereocenters. The SMILES string of the molecule is C#CCN(CCC)S(=O)(=O)c1ccc(O)cc1. The van der Waals surface area contributed by atoms with Crippen LogP contribution in [0.3, 0.4) is 0 Å². The molecule has 1 aromatic carbocycles. The summed E-state index contributed by atoms with van der Waals surface area (Å²) in [6, 6.07) is 5.41. The fourth-order valence-corrected chi connectivity index (χ4v) is 2.85. The van der Waals surface area contributed by atoms with Gasteiger partial charge in [0.1, 0.15) is 5.75 Å². The first kappa shape index (κ1) is 13.6. The van der Waals surface area contributed by atoms with Crippen LogP contribution in [-0.2, 0) is 10.0 Å². The predicted molar refractivity (Wildman–Crippen MR) is 66.0 cm³/mol. The number of terminal acetylenes is 1. The number of phenolic OH excluding ortho intramolecular Hbond substituents is 1. The maximum absolute atomic E-state index is 12.2. The van der Waals surface area contributed by atoms with Gasteiger partial charge < -0.3 is 5.11 Å². The third-order valence-corrected chi connectivity index (χ3v) is 4.07. The van der Waals surface area contributed by atoms with Gasteiger partial charge in [0.05, 0.1) is 11.4 Å². The van der Waals surface area contributed by atoms with Gasteiger partial charge in [-0.05, 0) is 30.7 Å². The average Bonchev–Trinajstić information content (AvgIpc) is 2.29. The minimum atomic E-state index is -3.56. The largest absolute Gasteiger partial charge is 0.508 e. The molecule has 0 spiro atoms. The van der Waals surface area contributed by atoms with Gasteiger partial charge in [0, 0.05) is 6.54 Å². The van der Waals surface area contributed by atoms with E-state index in [2.05, 4.69) is 5.92 Å². The first-order valence-corrected chi connectivity index (χ1v) is 6.69. The third-order valence-electron chi connectivity index (χ3n) is 2.22. The van der Waals surface area contributed by atoms with Crippen molar-refractivity contribution in [2.75, 3.05) is 13.1 Å². The van der Waals surface area contributed by atoms with Crippen LogP contribution in [0.25, 0.3) is 0 Å². The second-order valence-corrected chi connectivity index (χ2v) is 5.47. The summed E-state index contributed by atoms with van der Waals surface area (Å²) in [5.41, 5.74) is 0. The molecule has 92 valence electrons. The van der Waals surface area contributed by atoms with Gasteiger partial charge in [-0.3, -0.25) is 0 Å². The molecule has 0 saturated heterocycles. The Morgan fingerprint density at radius 2 is 1.94 bits per heavy atom. The highest BCUT2D eigenvalue weighted by atomic mass is 32.2. The highest BCUT2D eigenvalue weighted by molar-refractivity contribution is 7.89. The van der Waals surface area contributed by atoms with Crippen LogP contribution in [0.15, 0.2) is 29.2 Å². The zero-order valence-corrected chi connectivity index (χ0v) is 10.4. The van der Waals surface area contributed by atoms with Crippen molar-refractivity contribution in [3.05, 3.63) is 24.3 Å². The van der Waals surface area contributed by atoms with Gasteiger partial charge in [0.2, 0.25) is 10.0 Å². The highest BCUT2D eigenvalue weighted by Gasteiger charge is 2.22. The second kappa shape index (κ2) is 5.71. The van der Waals surface area contributed by atoms with E-state index in [1.54, 1.807) is 0 Å². The number of aromatic hydroxyl groups is 1. The number of phenols is 1. The zero-order chi connectivity index (χ0) is 12.9. The zero-order valence-electron chi connectivity index (χ0n) is 9.63. The van der Waals surface area contributed by atoms with Gasteiger partial charge in [0.25, 0.3) is 0 Å². The molecule has 0 heterocycles. The van der Waals surface area contributed by atoms with Crippen LogP contribution in [0.5, 0.6) is 5.75 Å². The Morgan fingerprint density at radius 3 is 2.41 bits per heavy atom. The number of benzene rings is 1. The normalized spacial score (nSPS) is 11.4. The van der Waals surface area contributed by atoms with E-state index >= 15 is 0 Å². The Kier molecular flexibility index (Phi) is 4.55. The summed E-state index contributed by atoms with van der Waals surface area (Å²) in [6.07, 6.45) is 5.86. The van der Waals surface area contributed by atoms with Gasteiger partial charge >= 0.3 is 0 Å². The highest BCUT2D eigenvalue weighted by Crippen LogP contribution is 2.18. The maximum atomic E-state index is 12.2. The third kappa shape index (κ3) is 3.22. The molecule has 0 fully saturated rings. The summed E-state index contributed by atoms with van der Waals surface area (Å²) < 4.78 is 25.6. The van der Waals surface area contributed by atoms with Crippen molar-refractivity contribution in [3.63, 3.8) is 0 Å². The lowest BCUT2D eigenvalue weighted by molar-refractivity contribution is 0.445. The molecule has 0 aromatic heterocycles. The molecule has 0 amide bonds. The predicted octanol–water partition coefficient (Wildman–Crippen LogP) is 1.43. The Morgan fingerprint density at radius 1 is 1.35 bits per heavy atom. The summed E-state index contributed by atoms with van der Waals surface area (Å²) >= 11 is 0. The van der Waals surface area contributed by atoms with Crippen molar-refractivity contribution in [1.29, 1.82) is 0 Å². The second-order valence-electron chi connectivity index (χ2n) is 3.54. The van der Waals surface area contributed by atoms with Gasteiger partial charge in [-0.2, -0.15) is 4.31 Å². The standard InChI is InChI=1S/C12H15NO3S/c1-3-9-13(10-4-2)17(15,16)12-7-5-11(14)6-8-12/h1,5-8,14H,4,9-10H2,2H3. The van der Waals surface area contributed by atoms with Crippen molar-refractivity contribution in [2.24, 2.45) is 0 Å². The fraction of sp³-hybridized carbons (Fsp3) is 0.333. The molecule has 5 heteroatoms. The van der Waals surface area contributed by atoms with E-state index in [0.717, 1.165) is 0 Å². The molecule has 1 rings (SSSR count).